The van der Waals surface area contributed by atoms with E-state index in [1.165, 1.54) is 10.9 Å². The highest BCUT2D eigenvalue weighted by atomic mass is 31.1. The van der Waals surface area contributed by atoms with E-state index in [1.807, 2.05) is 13.0 Å². The molecule has 2 aromatic heterocycles. The van der Waals surface area contributed by atoms with E-state index in [1.54, 1.807) is 0 Å². The lowest BCUT2D eigenvalue weighted by Crippen LogP contribution is -2.05. The molecule has 0 aliphatic rings. The van der Waals surface area contributed by atoms with Crippen LogP contribution in [0.15, 0.2) is 60.7 Å². The molecule has 2 unspecified atom stereocenters. The van der Waals surface area contributed by atoms with Crippen molar-refractivity contribution >= 4 is 13.9 Å². The fourth-order valence-electron chi connectivity index (χ4n) is 2.72. The van der Waals surface area contributed by atoms with Gasteiger partial charge >= 0.3 is 0 Å². The summed E-state index contributed by atoms with van der Waals surface area (Å²) >= 11 is 0. The van der Waals surface area contributed by atoms with Gasteiger partial charge in [-0.2, -0.15) is 0 Å². The van der Waals surface area contributed by atoms with Crippen LogP contribution >= 0.6 is 8.58 Å². The maximum absolute atomic E-state index is 4.92. The van der Waals surface area contributed by atoms with Crippen molar-refractivity contribution in [3.8, 4) is 11.3 Å². The summed E-state index contributed by atoms with van der Waals surface area (Å²) in [6.45, 7) is 6.40. The monoisotopic (exact) mass is 320 g/mol. The van der Waals surface area contributed by atoms with Crippen molar-refractivity contribution in [3.63, 3.8) is 0 Å². The van der Waals surface area contributed by atoms with Crippen LogP contribution in [-0.2, 0) is 0 Å². The molecule has 3 rings (SSSR count). The zero-order valence-corrected chi connectivity index (χ0v) is 14.7. The smallest absolute Gasteiger partial charge is 0.0711 e. The Morgan fingerprint density at radius 3 is 2.26 bits per heavy atom. The average Bonchev–Trinajstić information content (AvgIpc) is 2.61. The molecule has 116 valence electrons. The molecule has 0 saturated carbocycles. The molecule has 2 heterocycles. The summed E-state index contributed by atoms with van der Waals surface area (Å²) in [7, 11) is 0.764. The van der Waals surface area contributed by atoms with Crippen LogP contribution in [-0.4, -0.2) is 16.6 Å². The van der Waals surface area contributed by atoms with Crippen molar-refractivity contribution in [3.05, 3.63) is 77.7 Å². The van der Waals surface area contributed by atoms with Crippen LogP contribution in [0.25, 0.3) is 11.3 Å². The predicted octanol–water partition coefficient (Wildman–Crippen LogP) is 4.54. The Kier molecular flexibility index (Phi) is 4.83. The van der Waals surface area contributed by atoms with Gasteiger partial charge in [0.1, 0.15) is 0 Å². The highest BCUT2D eigenvalue weighted by molar-refractivity contribution is 7.46. The summed E-state index contributed by atoms with van der Waals surface area (Å²) in [5.74, 6) is 0.186. The van der Waals surface area contributed by atoms with Gasteiger partial charge in [-0.25, -0.2) is 0 Å². The second-order valence-electron chi connectivity index (χ2n) is 5.67. The summed E-state index contributed by atoms with van der Waals surface area (Å²) in [5.41, 5.74) is 5.46. The number of aryl methyl sites for hydroxylation is 1. The molecule has 2 atom stereocenters. The molecule has 2 nitrogen and oxygen atoms in total. The Morgan fingerprint density at radius 1 is 0.826 bits per heavy atom. The Hall–Kier alpha value is -2.05. The van der Waals surface area contributed by atoms with Gasteiger partial charge in [0.15, 0.2) is 0 Å². The SMILES string of the molecule is CPc1ccccc1-c1cccc(C(C)c2cccc(C)n2)n1. The molecule has 23 heavy (non-hydrogen) atoms. The van der Waals surface area contributed by atoms with Crippen molar-refractivity contribution in [2.75, 3.05) is 6.66 Å². The first-order valence-electron chi connectivity index (χ1n) is 7.86. The van der Waals surface area contributed by atoms with Crippen molar-refractivity contribution in [2.24, 2.45) is 0 Å². The highest BCUT2D eigenvalue weighted by Crippen LogP contribution is 2.25. The van der Waals surface area contributed by atoms with Gasteiger partial charge in [0, 0.05) is 28.6 Å². The van der Waals surface area contributed by atoms with Gasteiger partial charge in [-0.15, -0.1) is 0 Å². The predicted molar refractivity (Wildman–Crippen MR) is 100 cm³/mol. The van der Waals surface area contributed by atoms with E-state index < -0.39 is 0 Å². The van der Waals surface area contributed by atoms with Crippen LogP contribution in [0.3, 0.4) is 0 Å². The number of rotatable bonds is 4. The van der Waals surface area contributed by atoms with E-state index in [4.69, 9.17) is 4.98 Å². The van der Waals surface area contributed by atoms with Crippen LogP contribution in [0.2, 0.25) is 0 Å². The standard InChI is InChI=1S/C20H21N2P/c1-14-8-6-10-17(21-14)15(2)18-11-7-12-19(22-18)16-9-4-5-13-20(16)23-3/h4-13,15,23H,1-3H3. The topological polar surface area (TPSA) is 25.8 Å². The molecule has 0 aliphatic carbocycles. The minimum atomic E-state index is 0.186. The van der Waals surface area contributed by atoms with Crippen molar-refractivity contribution in [1.82, 2.24) is 9.97 Å². The van der Waals surface area contributed by atoms with Crippen LogP contribution in [0.4, 0.5) is 0 Å². The van der Waals surface area contributed by atoms with Gasteiger partial charge < -0.3 is 0 Å². The summed E-state index contributed by atoms with van der Waals surface area (Å²) in [5, 5.41) is 1.36. The normalized spacial score (nSPS) is 12.7. The molecular weight excluding hydrogens is 299 g/mol. The fraction of sp³-hybridized carbons (Fsp3) is 0.200. The molecule has 0 bridgehead atoms. The summed E-state index contributed by atoms with van der Waals surface area (Å²) in [6.07, 6.45) is 0. The van der Waals surface area contributed by atoms with Crippen LogP contribution in [0, 0.1) is 6.92 Å². The molecule has 0 fully saturated rings. The number of nitrogens with zero attached hydrogens (tertiary/aromatic N) is 2. The van der Waals surface area contributed by atoms with Crippen molar-refractivity contribution in [2.45, 2.75) is 19.8 Å². The lowest BCUT2D eigenvalue weighted by molar-refractivity contribution is 0.827. The molecule has 3 aromatic rings. The van der Waals surface area contributed by atoms with E-state index in [9.17, 15) is 0 Å². The van der Waals surface area contributed by atoms with Crippen LogP contribution in [0.5, 0.6) is 0 Å². The minimum Gasteiger partial charge on any atom is -0.257 e. The molecule has 0 radical (unpaired) electrons. The third-order valence-corrected chi connectivity index (χ3v) is 5.01. The second-order valence-corrected chi connectivity index (χ2v) is 6.71. The first kappa shape index (κ1) is 15.8. The molecule has 0 spiro atoms. The van der Waals surface area contributed by atoms with E-state index >= 15 is 0 Å². The lowest BCUT2D eigenvalue weighted by atomic mass is 10.0. The Bertz CT molecular complexity index is 814. The van der Waals surface area contributed by atoms with E-state index in [2.05, 4.69) is 73.2 Å². The maximum Gasteiger partial charge on any atom is 0.0711 e. The van der Waals surface area contributed by atoms with Crippen LogP contribution in [0.1, 0.15) is 29.9 Å². The van der Waals surface area contributed by atoms with Gasteiger partial charge in [-0.3, -0.25) is 9.97 Å². The molecule has 0 aliphatic heterocycles. The molecule has 0 N–H and O–H groups in total. The van der Waals surface area contributed by atoms with Crippen molar-refractivity contribution in [1.29, 1.82) is 0 Å². The number of hydrogen-bond acceptors (Lipinski definition) is 2. The van der Waals surface area contributed by atoms with Gasteiger partial charge in [0.25, 0.3) is 0 Å². The maximum atomic E-state index is 4.92. The third kappa shape index (κ3) is 3.48. The molecular formula is C20H21N2P. The third-order valence-electron chi connectivity index (χ3n) is 4.04. The van der Waals surface area contributed by atoms with Gasteiger partial charge in [-0.05, 0) is 43.2 Å². The van der Waals surface area contributed by atoms with Gasteiger partial charge in [0.2, 0.25) is 0 Å². The summed E-state index contributed by atoms with van der Waals surface area (Å²) in [4.78, 5) is 9.57. The quantitative estimate of drug-likeness (QED) is 0.660. The number of aromatic nitrogens is 2. The van der Waals surface area contributed by atoms with Crippen LogP contribution < -0.4 is 5.30 Å². The molecule has 0 amide bonds. The zero-order valence-electron chi connectivity index (χ0n) is 13.7. The Balaban J connectivity index is 2.00. The first-order chi connectivity index (χ1) is 11.2. The first-order valence-corrected chi connectivity index (χ1v) is 9.36. The van der Waals surface area contributed by atoms with Gasteiger partial charge in [0.05, 0.1) is 5.69 Å². The lowest BCUT2D eigenvalue weighted by Gasteiger charge is -2.13. The highest BCUT2D eigenvalue weighted by Gasteiger charge is 2.13. The number of benzene rings is 1. The second kappa shape index (κ2) is 7.02. The van der Waals surface area contributed by atoms with Crippen molar-refractivity contribution < 1.29 is 0 Å². The number of pyridine rings is 2. The Morgan fingerprint density at radius 2 is 1.52 bits per heavy atom. The number of hydrogen-bond donors (Lipinski definition) is 0. The van der Waals surface area contributed by atoms with E-state index in [0.717, 1.165) is 31.4 Å². The minimum absolute atomic E-state index is 0.186. The summed E-state index contributed by atoms with van der Waals surface area (Å²) in [6, 6.07) is 21.0. The summed E-state index contributed by atoms with van der Waals surface area (Å²) < 4.78 is 0. The average molecular weight is 320 g/mol. The molecule has 0 saturated heterocycles. The zero-order chi connectivity index (χ0) is 16.2. The largest absolute Gasteiger partial charge is 0.257 e. The molecule has 3 heteroatoms. The fourth-order valence-corrected chi connectivity index (χ4v) is 3.47. The molecule has 1 aromatic carbocycles. The Labute approximate surface area is 139 Å². The van der Waals surface area contributed by atoms with E-state index in [0.29, 0.717) is 0 Å². The van der Waals surface area contributed by atoms with Gasteiger partial charge in [-0.1, -0.05) is 51.9 Å². The van der Waals surface area contributed by atoms with E-state index in [-0.39, 0.29) is 5.92 Å².